The highest BCUT2D eigenvalue weighted by molar-refractivity contribution is 7.85. The Hall–Kier alpha value is -0.940. The molecule has 0 amide bonds. The fourth-order valence-corrected chi connectivity index (χ4v) is 1.14. The van der Waals surface area contributed by atoms with Crippen LogP contribution >= 0.6 is 0 Å². The number of pyridine rings is 1. The van der Waals surface area contributed by atoms with Gasteiger partial charge in [0.2, 0.25) is 0 Å². The summed E-state index contributed by atoms with van der Waals surface area (Å²) in [5.41, 5.74) is 1.35. The van der Waals surface area contributed by atoms with Crippen LogP contribution in [0.2, 0.25) is 0 Å². The quantitative estimate of drug-likeness (QED) is 0.651. The summed E-state index contributed by atoms with van der Waals surface area (Å²) in [6.45, 7) is 5.53. The Bertz CT molecular complexity index is 393. The van der Waals surface area contributed by atoms with Crippen molar-refractivity contribution < 1.29 is 17.5 Å². The van der Waals surface area contributed by atoms with E-state index in [0.717, 1.165) is 6.54 Å². The maximum atomic E-state index is 9.19. The second-order valence-corrected chi connectivity index (χ2v) is 5.09. The predicted octanol–water partition coefficient (Wildman–Crippen LogP) is 1.59. The van der Waals surface area contributed by atoms with Crippen LogP contribution in [0.3, 0.4) is 0 Å². The first kappa shape index (κ1) is 15.1. The Balaban J connectivity index is 0.000000385. The Kier molecular flexibility index (Phi) is 6.92. The van der Waals surface area contributed by atoms with Crippen molar-refractivity contribution >= 4 is 10.1 Å². The van der Waals surface area contributed by atoms with Gasteiger partial charge in [-0.25, -0.2) is 4.57 Å². The highest BCUT2D eigenvalue weighted by atomic mass is 32.2. The third kappa shape index (κ3) is 9.61. The normalized spacial score (nSPS) is 10.5. The van der Waals surface area contributed by atoms with Crippen molar-refractivity contribution in [2.24, 2.45) is 0 Å². The molecular weight excluding hydrogens is 226 g/mol. The Morgan fingerprint density at radius 2 is 1.94 bits per heavy atom. The minimum Gasteiger partial charge on any atom is -0.286 e. The van der Waals surface area contributed by atoms with Crippen molar-refractivity contribution in [3.05, 3.63) is 30.1 Å². The van der Waals surface area contributed by atoms with Gasteiger partial charge in [-0.05, 0) is 0 Å². The van der Waals surface area contributed by atoms with E-state index in [1.54, 1.807) is 0 Å². The lowest BCUT2D eigenvalue weighted by molar-refractivity contribution is -0.703. The van der Waals surface area contributed by atoms with Crippen LogP contribution in [0.1, 0.15) is 25.5 Å². The zero-order valence-electron chi connectivity index (χ0n) is 10.0. The molecule has 0 saturated carbocycles. The van der Waals surface area contributed by atoms with Crippen molar-refractivity contribution in [2.75, 3.05) is 6.26 Å². The highest BCUT2D eigenvalue weighted by Crippen LogP contribution is 1.91. The smallest absolute Gasteiger partial charge is 0.261 e. The van der Waals surface area contributed by atoms with Gasteiger partial charge in [-0.1, -0.05) is 19.4 Å². The molecule has 4 nitrogen and oxygen atoms in total. The van der Waals surface area contributed by atoms with Gasteiger partial charge in [0.15, 0.2) is 11.9 Å². The molecule has 1 heterocycles. The molecule has 0 fully saturated rings. The average Bonchev–Trinajstić information content (AvgIpc) is 2.14. The van der Waals surface area contributed by atoms with Crippen molar-refractivity contribution in [1.82, 2.24) is 0 Å². The van der Waals surface area contributed by atoms with Gasteiger partial charge in [-0.3, -0.25) is 4.55 Å². The summed E-state index contributed by atoms with van der Waals surface area (Å²) in [6.07, 6.45) is 5.40. The van der Waals surface area contributed by atoms with Crippen molar-refractivity contribution in [2.45, 2.75) is 33.2 Å². The molecule has 5 heteroatoms. The Morgan fingerprint density at radius 3 is 2.38 bits per heavy atom. The maximum Gasteiger partial charge on any atom is 0.261 e. The summed E-state index contributed by atoms with van der Waals surface area (Å²) < 4.78 is 28.2. The molecule has 1 aromatic heterocycles. The number of nitrogens with zero attached hydrogens (tertiary/aromatic N) is 1. The fourth-order valence-electron chi connectivity index (χ4n) is 1.14. The van der Waals surface area contributed by atoms with Gasteiger partial charge in [0.25, 0.3) is 10.1 Å². The summed E-state index contributed by atoms with van der Waals surface area (Å²) >= 11 is 0. The van der Waals surface area contributed by atoms with Crippen LogP contribution in [0, 0.1) is 6.92 Å². The van der Waals surface area contributed by atoms with Gasteiger partial charge in [0, 0.05) is 25.5 Å². The molecule has 0 saturated heterocycles. The molecule has 92 valence electrons. The van der Waals surface area contributed by atoms with E-state index in [2.05, 4.69) is 42.8 Å². The first-order valence-corrected chi connectivity index (χ1v) is 7.07. The summed E-state index contributed by atoms with van der Waals surface area (Å²) in [5, 5.41) is 0. The zero-order chi connectivity index (χ0) is 12.6. The van der Waals surface area contributed by atoms with Gasteiger partial charge in [0.1, 0.15) is 6.54 Å². The van der Waals surface area contributed by atoms with Gasteiger partial charge >= 0.3 is 0 Å². The minimum absolute atomic E-state index is 0.715. The van der Waals surface area contributed by atoms with Gasteiger partial charge in [-0.2, -0.15) is 8.42 Å². The summed E-state index contributed by atoms with van der Waals surface area (Å²) in [6, 6.07) is 6.32. The molecule has 0 aliphatic rings. The second-order valence-electron chi connectivity index (χ2n) is 3.62. The molecule has 0 aromatic carbocycles. The molecule has 0 unspecified atom stereocenters. The average molecular weight is 246 g/mol. The number of hydrogen-bond acceptors (Lipinski definition) is 2. The van der Waals surface area contributed by atoms with Crippen molar-refractivity contribution in [3.63, 3.8) is 0 Å². The lowest BCUT2D eigenvalue weighted by Gasteiger charge is -1.97. The van der Waals surface area contributed by atoms with Gasteiger partial charge < -0.3 is 0 Å². The molecule has 1 aromatic rings. The largest absolute Gasteiger partial charge is 0.286 e. The van der Waals surface area contributed by atoms with Crippen LogP contribution < -0.4 is 4.57 Å². The number of unbranched alkanes of at least 4 members (excludes halogenated alkanes) is 1. The SMILES string of the molecule is CCCC[n+]1ccccc1C.CS(=O)(=O)O. The molecule has 0 radical (unpaired) electrons. The lowest BCUT2D eigenvalue weighted by Crippen LogP contribution is -2.36. The standard InChI is InChI=1S/C10H16N.CH4O3S/c1-3-4-8-11-9-6-5-7-10(11)2;1-5(2,3)4/h5-7,9H,3-4,8H2,1-2H3;1H3,(H,2,3,4)/q+1;. The molecule has 0 atom stereocenters. The fraction of sp³-hybridized carbons (Fsp3) is 0.545. The molecule has 16 heavy (non-hydrogen) atoms. The van der Waals surface area contributed by atoms with Crippen molar-refractivity contribution in [3.8, 4) is 0 Å². The number of aryl methyl sites for hydroxylation is 2. The Labute approximate surface area is 97.7 Å². The third-order valence-electron chi connectivity index (χ3n) is 1.92. The molecule has 1 N–H and O–H groups in total. The van der Waals surface area contributed by atoms with Crippen LogP contribution in [0.25, 0.3) is 0 Å². The molecular formula is C11H20NO3S+. The maximum absolute atomic E-state index is 9.19. The van der Waals surface area contributed by atoms with E-state index in [1.165, 1.54) is 18.5 Å². The first-order chi connectivity index (χ1) is 7.34. The van der Waals surface area contributed by atoms with Crippen LogP contribution in [-0.2, 0) is 16.7 Å². The Morgan fingerprint density at radius 1 is 1.38 bits per heavy atom. The van der Waals surface area contributed by atoms with E-state index in [9.17, 15) is 8.42 Å². The van der Waals surface area contributed by atoms with E-state index in [4.69, 9.17) is 4.55 Å². The van der Waals surface area contributed by atoms with E-state index in [1.807, 2.05) is 0 Å². The van der Waals surface area contributed by atoms with Gasteiger partial charge in [-0.15, -0.1) is 0 Å². The molecule has 0 aliphatic carbocycles. The van der Waals surface area contributed by atoms with E-state index < -0.39 is 10.1 Å². The summed E-state index contributed by atoms with van der Waals surface area (Å²) in [7, 11) is -3.67. The highest BCUT2D eigenvalue weighted by Gasteiger charge is 2.01. The summed E-state index contributed by atoms with van der Waals surface area (Å²) in [4.78, 5) is 0. The van der Waals surface area contributed by atoms with E-state index >= 15 is 0 Å². The number of hydrogen-bond donors (Lipinski definition) is 1. The van der Waals surface area contributed by atoms with Gasteiger partial charge in [0.05, 0.1) is 6.26 Å². The molecule has 0 bridgehead atoms. The van der Waals surface area contributed by atoms with E-state index in [-0.39, 0.29) is 0 Å². The monoisotopic (exact) mass is 246 g/mol. The van der Waals surface area contributed by atoms with E-state index in [0.29, 0.717) is 6.26 Å². The topological polar surface area (TPSA) is 58.2 Å². The predicted molar refractivity (Wildman–Crippen MR) is 63.8 cm³/mol. The lowest BCUT2D eigenvalue weighted by atomic mass is 10.3. The molecule has 0 aliphatic heterocycles. The number of aromatic nitrogens is 1. The first-order valence-electron chi connectivity index (χ1n) is 5.22. The van der Waals surface area contributed by atoms with Crippen LogP contribution in [0.5, 0.6) is 0 Å². The summed E-state index contributed by atoms with van der Waals surface area (Å²) in [5.74, 6) is 0. The van der Waals surface area contributed by atoms with Crippen molar-refractivity contribution in [1.29, 1.82) is 0 Å². The zero-order valence-corrected chi connectivity index (χ0v) is 10.9. The third-order valence-corrected chi connectivity index (χ3v) is 1.92. The molecule has 0 spiro atoms. The number of rotatable bonds is 3. The second kappa shape index (κ2) is 7.35. The minimum atomic E-state index is -3.67. The van der Waals surface area contributed by atoms with Crippen LogP contribution in [0.15, 0.2) is 24.4 Å². The van der Waals surface area contributed by atoms with Crippen LogP contribution in [0.4, 0.5) is 0 Å². The van der Waals surface area contributed by atoms with Crippen LogP contribution in [-0.4, -0.2) is 19.2 Å². The molecule has 1 rings (SSSR count).